The molecule has 1 spiro atoms. The molecule has 1 N–H and O–H groups in total. The molecule has 5 rings (SSSR count). The van der Waals surface area contributed by atoms with Crippen molar-refractivity contribution in [2.45, 2.75) is 37.8 Å². The van der Waals surface area contributed by atoms with Crippen molar-refractivity contribution in [1.82, 2.24) is 13.8 Å². The van der Waals surface area contributed by atoms with Crippen molar-refractivity contribution in [3.05, 3.63) is 59.3 Å². The number of benzene rings is 2. The summed E-state index contributed by atoms with van der Waals surface area (Å²) in [7, 11) is 2.15. The number of fused-ring (bicyclic) bond motifs is 4. The highest BCUT2D eigenvalue weighted by Gasteiger charge is 2.49. The smallest absolute Gasteiger partial charge is 0.213 e. The van der Waals surface area contributed by atoms with E-state index >= 15 is 0 Å². The van der Waals surface area contributed by atoms with Crippen molar-refractivity contribution >= 4 is 20.9 Å². The van der Waals surface area contributed by atoms with Crippen molar-refractivity contribution < 1.29 is 23.0 Å². The molecule has 3 aromatic rings. The van der Waals surface area contributed by atoms with Gasteiger partial charge in [-0.2, -0.15) is 0 Å². The van der Waals surface area contributed by atoms with Gasteiger partial charge in [0, 0.05) is 55.8 Å². The van der Waals surface area contributed by atoms with Gasteiger partial charge in [0.1, 0.15) is 11.5 Å². The van der Waals surface area contributed by atoms with Gasteiger partial charge in [-0.15, -0.1) is 0 Å². The third-order valence-electron chi connectivity index (χ3n) is 8.40. The summed E-state index contributed by atoms with van der Waals surface area (Å²) in [5, 5.41) is 11.9. The molecule has 1 atom stereocenters. The Labute approximate surface area is 219 Å². The normalized spacial score (nSPS) is 20.3. The van der Waals surface area contributed by atoms with Crippen LogP contribution in [0.5, 0.6) is 11.5 Å². The highest BCUT2D eigenvalue weighted by molar-refractivity contribution is 7.89. The lowest BCUT2D eigenvalue weighted by Crippen LogP contribution is -2.54. The standard InChI is InChI=1S/C28H37N3O5S/c1-5-37(33,34)31-14-12-28(13-15-31)19-30(17-20-6-8-21(35-3)9-7-20)25(18-32)27-26(28)23-11-10-22(36-4)16-24(23)29(27)2/h6-11,16,25,32H,5,12-15,17-19H2,1-4H3/t25-/m1/s1. The Morgan fingerprint density at radius 1 is 1.03 bits per heavy atom. The molecule has 0 amide bonds. The quantitative estimate of drug-likeness (QED) is 0.507. The lowest BCUT2D eigenvalue weighted by molar-refractivity contribution is 0.0515. The van der Waals surface area contributed by atoms with Crippen molar-refractivity contribution in [3.8, 4) is 11.5 Å². The predicted octanol–water partition coefficient (Wildman–Crippen LogP) is 3.43. The van der Waals surface area contributed by atoms with E-state index in [1.54, 1.807) is 25.4 Å². The van der Waals surface area contributed by atoms with E-state index in [1.165, 1.54) is 5.56 Å². The molecule has 2 aliphatic heterocycles. The van der Waals surface area contributed by atoms with Gasteiger partial charge in [0.2, 0.25) is 10.0 Å². The van der Waals surface area contributed by atoms with Crippen LogP contribution < -0.4 is 9.47 Å². The number of aliphatic hydroxyl groups excluding tert-OH is 1. The first-order valence-corrected chi connectivity index (χ1v) is 14.5. The van der Waals surface area contributed by atoms with Crippen LogP contribution >= 0.6 is 0 Å². The summed E-state index contributed by atoms with van der Waals surface area (Å²) < 4.78 is 40.0. The van der Waals surface area contributed by atoms with Gasteiger partial charge in [-0.1, -0.05) is 12.1 Å². The molecule has 3 heterocycles. The summed E-state index contributed by atoms with van der Waals surface area (Å²) >= 11 is 0. The lowest BCUT2D eigenvalue weighted by atomic mass is 9.68. The van der Waals surface area contributed by atoms with Gasteiger partial charge >= 0.3 is 0 Å². The number of aromatic nitrogens is 1. The minimum Gasteiger partial charge on any atom is -0.497 e. The van der Waals surface area contributed by atoms with Gasteiger partial charge < -0.3 is 19.1 Å². The number of hydrogen-bond donors (Lipinski definition) is 1. The molecule has 200 valence electrons. The fourth-order valence-electron chi connectivity index (χ4n) is 6.38. The van der Waals surface area contributed by atoms with E-state index in [4.69, 9.17) is 9.47 Å². The number of ether oxygens (including phenoxy) is 2. The maximum atomic E-state index is 12.7. The number of methoxy groups -OCH3 is 2. The monoisotopic (exact) mass is 527 g/mol. The summed E-state index contributed by atoms with van der Waals surface area (Å²) in [6, 6.07) is 14.1. The Hall–Kier alpha value is -2.59. The fraction of sp³-hybridized carbons (Fsp3) is 0.500. The molecule has 0 aliphatic carbocycles. The zero-order valence-corrected chi connectivity index (χ0v) is 22.9. The predicted molar refractivity (Wildman–Crippen MR) is 145 cm³/mol. The highest BCUT2D eigenvalue weighted by Crippen LogP contribution is 2.50. The van der Waals surface area contributed by atoms with Crippen molar-refractivity contribution in [2.24, 2.45) is 7.05 Å². The molecule has 0 bridgehead atoms. The average molecular weight is 528 g/mol. The Kier molecular flexibility index (Phi) is 7.00. The van der Waals surface area contributed by atoms with Crippen LogP contribution in [0, 0.1) is 0 Å². The van der Waals surface area contributed by atoms with Crippen LogP contribution in [0.4, 0.5) is 0 Å². The van der Waals surface area contributed by atoms with Gasteiger partial charge in [-0.3, -0.25) is 4.90 Å². The maximum absolute atomic E-state index is 12.7. The third kappa shape index (κ3) is 4.41. The summed E-state index contributed by atoms with van der Waals surface area (Å²) in [4.78, 5) is 2.37. The second kappa shape index (κ2) is 9.94. The van der Waals surface area contributed by atoms with Crippen LogP contribution in [0.3, 0.4) is 0 Å². The van der Waals surface area contributed by atoms with Crippen molar-refractivity contribution in [3.63, 3.8) is 0 Å². The minimum absolute atomic E-state index is 0.00310. The van der Waals surface area contributed by atoms with E-state index in [-0.39, 0.29) is 23.8 Å². The number of piperidine rings is 1. The first kappa shape index (κ1) is 26.0. The van der Waals surface area contributed by atoms with Crippen LogP contribution in [0.15, 0.2) is 42.5 Å². The zero-order valence-electron chi connectivity index (χ0n) is 22.1. The van der Waals surface area contributed by atoms with Gasteiger partial charge in [0.25, 0.3) is 0 Å². The van der Waals surface area contributed by atoms with Crippen LogP contribution in [-0.2, 0) is 29.0 Å². The molecule has 2 aromatic carbocycles. The molecule has 1 aromatic heterocycles. The Morgan fingerprint density at radius 2 is 1.68 bits per heavy atom. The molecular formula is C28H37N3O5S. The summed E-state index contributed by atoms with van der Waals surface area (Å²) in [6.07, 6.45) is 1.48. The van der Waals surface area contributed by atoms with E-state index in [9.17, 15) is 13.5 Å². The molecule has 9 heteroatoms. The van der Waals surface area contributed by atoms with E-state index in [0.29, 0.717) is 19.6 Å². The minimum atomic E-state index is -3.24. The third-order valence-corrected chi connectivity index (χ3v) is 10.3. The van der Waals surface area contributed by atoms with Gasteiger partial charge in [0.05, 0.1) is 38.1 Å². The summed E-state index contributed by atoms with van der Waals surface area (Å²) in [6.45, 7) is 4.14. The van der Waals surface area contributed by atoms with Gasteiger partial charge in [-0.05, 0) is 55.2 Å². The van der Waals surface area contributed by atoms with Crippen LogP contribution in [-0.4, -0.2) is 73.5 Å². The number of nitrogens with zero attached hydrogens (tertiary/aromatic N) is 3. The molecule has 0 radical (unpaired) electrons. The van der Waals surface area contributed by atoms with E-state index in [0.717, 1.165) is 53.0 Å². The molecular weight excluding hydrogens is 490 g/mol. The largest absolute Gasteiger partial charge is 0.497 e. The number of aryl methyl sites for hydroxylation is 1. The summed E-state index contributed by atoms with van der Waals surface area (Å²) in [5.41, 5.74) is 4.35. The molecule has 0 unspecified atom stereocenters. The molecule has 8 nitrogen and oxygen atoms in total. The van der Waals surface area contributed by atoms with Gasteiger partial charge in [-0.25, -0.2) is 12.7 Å². The van der Waals surface area contributed by atoms with Crippen LogP contribution in [0.1, 0.15) is 42.6 Å². The molecule has 1 saturated heterocycles. The lowest BCUT2D eigenvalue weighted by Gasteiger charge is -2.50. The second-order valence-electron chi connectivity index (χ2n) is 10.2. The molecule has 0 saturated carbocycles. The highest BCUT2D eigenvalue weighted by atomic mass is 32.2. The van der Waals surface area contributed by atoms with E-state index in [2.05, 4.69) is 40.8 Å². The number of hydrogen-bond acceptors (Lipinski definition) is 6. The topological polar surface area (TPSA) is 84.2 Å². The number of sulfonamides is 1. The van der Waals surface area contributed by atoms with Crippen molar-refractivity contribution in [1.29, 1.82) is 0 Å². The Balaban J connectivity index is 1.62. The summed E-state index contributed by atoms with van der Waals surface area (Å²) in [5.74, 6) is 1.72. The average Bonchev–Trinajstić information content (AvgIpc) is 3.22. The van der Waals surface area contributed by atoms with Crippen LogP contribution in [0.2, 0.25) is 0 Å². The molecule has 1 fully saturated rings. The second-order valence-corrected chi connectivity index (χ2v) is 12.5. The zero-order chi connectivity index (χ0) is 26.4. The first-order chi connectivity index (χ1) is 17.8. The van der Waals surface area contributed by atoms with E-state index < -0.39 is 10.0 Å². The fourth-order valence-corrected chi connectivity index (χ4v) is 7.48. The number of rotatable bonds is 7. The number of aliphatic hydroxyl groups is 1. The maximum Gasteiger partial charge on any atom is 0.213 e. The SMILES string of the molecule is CCS(=O)(=O)N1CCC2(CC1)CN(Cc1ccc(OC)cc1)[C@H](CO)c1c2c2ccc(OC)cc2n1C. The van der Waals surface area contributed by atoms with Gasteiger partial charge in [0.15, 0.2) is 0 Å². The first-order valence-electron chi connectivity index (χ1n) is 12.9. The van der Waals surface area contributed by atoms with Crippen molar-refractivity contribution in [2.75, 3.05) is 46.2 Å². The van der Waals surface area contributed by atoms with E-state index in [1.807, 2.05) is 18.2 Å². The molecule has 37 heavy (non-hydrogen) atoms. The Bertz CT molecular complexity index is 1380. The molecule has 2 aliphatic rings. The Morgan fingerprint density at radius 3 is 2.27 bits per heavy atom. The van der Waals surface area contributed by atoms with Crippen LogP contribution in [0.25, 0.3) is 10.9 Å².